The molecule has 0 spiro atoms. The van der Waals surface area contributed by atoms with Gasteiger partial charge in [0.1, 0.15) is 0 Å². The van der Waals surface area contributed by atoms with E-state index in [2.05, 4.69) is 27.5 Å². The van der Waals surface area contributed by atoms with Gasteiger partial charge in [-0.15, -0.1) is 21.5 Å². The van der Waals surface area contributed by atoms with E-state index in [0.29, 0.717) is 12.4 Å². The number of carbonyl (C=O) groups is 1. The van der Waals surface area contributed by atoms with E-state index in [-0.39, 0.29) is 11.8 Å². The van der Waals surface area contributed by atoms with Gasteiger partial charge >= 0.3 is 0 Å². The number of H-pyrrole nitrogens is 1. The number of carbonyl (C=O) groups excluding carboxylic acids is 1. The van der Waals surface area contributed by atoms with E-state index >= 15 is 0 Å². The number of likely N-dealkylation sites (N-methyl/N-ethyl adjacent to an activating group) is 1. The number of amides is 1. The molecule has 0 aliphatic carbocycles. The van der Waals surface area contributed by atoms with Gasteiger partial charge in [0, 0.05) is 19.5 Å². The Balaban J connectivity index is 2.04. The summed E-state index contributed by atoms with van der Waals surface area (Å²) in [6, 6.07) is 2.01. The Morgan fingerprint density at radius 1 is 1.58 bits per heavy atom. The van der Waals surface area contributed by atoms with Crippen LogP contribution in [0.25, 0.3) is 0 Å². The summed E-state index contributed by atoms with van der Waals surface area (Å²) in [6.07, 6.45) is 0.874. The van der Waals surface area contributed by atoms with E-state index < -0.39 is 0 Å². The first-order valence-corrected chi connectivity index (χ1v) is 7.06. The highest BCUT2D eigenvalue weighted by molar-refractivity contribution is 7.12. The second-order valence-electron chi connectivity index (χ2n) is 4.49. The summed E-state index contributed by atoms with van der Waals surface area (Å²) in [7, 11) is 1.80. The molecule has 2 aromatic rings. The summed E-state index contributed by atoms with van der Waals surface area (Å²) in [5.74, 6) is 0.737. The minimum Gasteiger partial charge on any atom is -0.340 e. The smallest absolute Gasteiger partial charge is 0.263 e. The van der Waals surface area contributed by atoms with Crippen LogP contribution in [0.4, 0.5) is 0 Å². The second kappa shape index (κ2) is 5.92. The lowest BCUT2D eigenvalue weighted by atomic mass is 10.1. The number of aromatic amines is 1. The molecule has 1 amide bonds. The van der Waals surface area contributed by atoms with Crippen LogP contribution in [0.3, 0.4) is 0 Å². The van der Waals surface area contributed by atoms with Crippen molar-refractivity contribution in [1.29, 1.82) is 0 Å². The molecule has 1 unspecified atom stereocenters. The molecule has 0 bridgehead atoms. The molecule has 1 N–H and O–H groups in total. The quantitative estimate of drug-likeness (QED) is 0.904. The molecule has 0 fully saturated rings. The summed E-state index contributed by atoms with van der Waals surface area (Å²) >= 11 is 1.49. The largest absolute Gasteiger partial charge is 0.340 e. The predicted octanol–water partition coefficient (Wildman–Crippen LogP) is 1.70. The van der Waals surface area contributed by atoms with Crippen LogP contribution in [-0.4, -0.2) is 45.0 Å². The van der Waals surface area contributed by atoms with Crippen LogP contribution in [-0.2, 0) is 6.42 Å². The van der Waals surface area contributed by atoms with Gasteiger partial charge in [-0.3, -0.25) is 4.79 Å². The molecule has 6 nitrogen and oxygen atoms in total. The van der Waals surface area contributed by atoms with E-state index in [9.17, 15) is 4.79 Å². The van der Waals surface area contributed by atoms with Crippen molar-refractivity contribution in [3.05, 3.63) is 27.7 Å². The number of nitrogens with one attached hydrogen (secondary N) is 1. The highest BCUT2D eigenvalue weighted by atomic mass is 32.1. The minimum atomic E-state index is 0.0535. The number of aryl methyl sites for hydroxylation is 1. The van der Waals surface area contributed by atoms with E-state index in [1.165, 1.54) is 11.3 Å². The third kappa shape index (κ3) is 2.98. The molecule has 1 atom stereocenters. The van der Waals surface area contributed by atoms with Crippen LogP contribution in [0, 0.1) is 0 Å². The number of hydrogen-bond acceptors (Lipinski definition) is 5. The fraction of sp³-hybridized carbons (Fsp3) is 0.500. The summed E-state index contributed by atoms with van der Waals surface area (Å²) < 4.78 is 0. The number of rotatable bonds is 5. The average Bonchev–Trinajstić information content (AvgIpc) is 3.08. The normalized spacial score (nSPS) is 12.4. The molecule has 102 valence electrons. The van der Waals surface area contributed by atoms with Crippen molar-refractivity contribution in [2.45, 2.75) is 26.2 Å². The zero-order chi connectivity index (χ0) is 13.8. The van der Waals surface area contributed by atoms with Gasteiger partial charge in [-0.05, 0) is 23.4 Å². The third-order valence-corrected chi connectivity index (χ3v) is 3.96. The molecule has 0 saturated carbocycles. The number of aromatic nitrogens is 4. The molecule has 0 aliphatic rings. The van der Waals surface area contributed by atoms with E-state index in [0.717, 1.165) is 16.9 Å². The molecular weight excluding hydrogens is 262 g/mol. The Morgan fingerprint density at radius 2 is 2.37 bits per heavy atom. The Labute approximate surface area is 115 Å². The van der Waals surface area contributed by atoms with Crippen molar-refractivity contribution in [3.8, 4) is 0 Å². The van der Waals surface area contributed by atoms with Crippen LogP contribution in [0.2, 0.25) is 0 Å². The molecule has 0 aromatic carbocycles. The third-order valence-electron chi connectivity index (χ3n) is 3.02. The van der Waals surface area contributed by atoms with Gasteiger partial charge < -0.3 is 4.90 Å². The van der Waals surface area contributed by atoms with Crippen molar-refractivity contribution < 1.29 is 4.79 Å². The Hall–Kier alpha value is -1.76. The first kappa shape index (κ1) is 13.7. The molecular formula is C12H17N5OS. The monoisotopic (exact) mass is 279 g/mol. The number of hydrogen-bond donors (Lipinski definition) is 1. The van der Waals surface area contributed by atoms with Gasteiger partial charge in [0.25, 0.3) is 5.91 Å². The van der Waals surface area contributed by atoms with Crippen LogP contribution < -0.4 is 0 Å². The fourth-order valence-electron chi connectivity index (χ4n) is 1.93. The Bertz CT molecular complexity index is 536. The molecule has 7 heteroatoms. The SMILES string of the molecule is CCc1ccsc1C(=O)N(C)CC(C)c1nn[nH]n1. The zero-order valence-corrected chi connectivity index (χ0v) is 12.1. The number of thiophene rings is 1. The zero-order valence-electron chi connectivity index (χ0n) is 11.3. The molecule has 2 rings (SSSR count). The predicted molar refractivity (Wildman–Crippen MR) is 73.3 cm³/mol. The van der Waals surface area contributed by atoms with Crippen LogP contribution in [0.1, 0.15) is 40.8 Å². The van der Waals surface area contributed by atoms with Crippen molar-refractivity contribution >= 4 is 17.2 Å². The van der Waals surface area contributed by atoms with Gasteiger partial charge in [0.05, 0.1) is 4.88 Å². The maximum Gasteiger partial charge on any atom is 0.263 e. The van der Waals surface area contributed by atoms with E-state index in [1.807, 2.05) is 18.4 Å². The molecule has 19 heavy (non-hydrogen) atoms. The highest BCUT2D eigenvalue weighted by Crippen LogP contribution is 2.20. The lowest BCUT2D eigenvalue weighted by Crippen LogP contribution is -2.30. The molecule has 0 saturated heterocycles. The van der Waals surface area contributed by atoms with Crippen molar-refractivity contribution in [2.75, 3.05) is 13.6 Å². The second-order valence-corrected chi connectivity index (χ2v) is 5.40. The molecule has 0 radical (unpaired) electrons. The molecule has 0 aliphatic heterocycles. The standard InChI is InChI=1S/C12H17N5OS/c1-4-9-5-6-19-10(9)12(18)17(3)7-8(2)11-13-15-16-14-11/h5-6,8H,4,7H2,1-3H3,(H,13,14,15,16). The first-order valence-electron chi connectivity index (χ1n) is 6.18. The number of tetrazole rings is 1. The maximum atomic E-state index is 12.4. The topological polar surface area (TPSA) is 74.8 Å². The van der Waals surface area contributed by atoms with Crippen molar-refractivity contribution in [2.24, 2.45) is 0 Å². The van der Waals surface area contributed by atoms with Crippen LogP contribution in [0.5, 0.6) is 0 Å². The molecule has 2 aromatic heterocycles. The lowest BCUT2D eigenvalue weighted by molar-refractivity contribution is 0.0791. The van der Waals surface area contributed by atoms with Gasteiger partial charge in [0.2, 0.25) is 0 Å². The highest BCUT2D eigenvalue weighted by Gasteiger charge is 2.20. The van der Waals surface area contributed by atoms with E-state index in [1.54, 1.807) is 11.9 Å². The van der Waals surface area contributed by atoms with Crippen molar-refractivity contribution in [1.82, 2.24) is 25.5 Å². The average molecular weight is 279 g/mol. The lowest BCUT2D eigenvalue weighted by Gasteiger charge is -2.19. The summed E-state index contributed by atoms with van der Waals surface area (Å²) in [5, 5.41) is 15.8. The number of nitrogens with zero attached hydrogens (tertiary/aromatic N) is 4. The van der Waals surface area contributed by atoms with Gasteiger partial charge in [0.15, 0.2) is 5.82 Å². The summed E-state index contributed by atoms with van der Waals surface area (Å²) in [4.78, 5) is 14.9. The summed E-state index contributed by atoms with van der Waals surface area (Å²) in [6.45, 7) is 4.60. The van der Waals surface area contributed by atoms with Gasteiger partial charge in [-0.2, -0.15) is 5.21 Å². The summed E-state index contributed by atoms with van der Waals surface area (Å²) in [5.41, 5.74) is 1.11. The molecule has 2 heterocycles. The fourth-order valence-corrected chi connectivity index (χ4v) is 2.92. The Morgan fingerprint density at radius 3 is 3.00 bits per heavy atom. The van der Waals surface area contributed by atoms with E-state index in [4.69, 9.17) is 0 Å². The first-order chi connectivity index (χ1) is 9.13. The maximum absolute atomic E-state index is 12.4. The van der Waals surface area contributed by atoms with Crippen molar-refractivity contribution in [3.63, 3.8) is 0 Å². The van der Waals surface area contributed by atoms with Crippen LogP contribution in [0.15, 0.2) is 11.4 Å². The van der Waals surface area contributed by atoms with Gasteiger partial charge in [-0.25, -0.2) is 0 Å². The minimum absolute atomic E-state index is 0.0535. The van der Waals surface area contributed by atoms with Gasteiger partial charge in [-0.1, -0.05) is 19.1 Å². The van der Waals surface area contributed by atoms with Crippen LogP contribution >= 0.6 is 11.3 Å². The Kier molecular flexibility index (Phi) is 4.26.